The number of hydrogen-bond donors (Lipinski definition) is 2. The van der Waals surface area contributed by atoms with E-state index >= 15 is 0 Å². The number of anilines is 1. The monoisotopic (exact) mass is 273 g/mol. The van der Waals surface area contributed by atoms with Crippen molar-refractivity contribution in [1.29, 1.82) is 0 Å². The molecule has 100 valence electrons. The second-order valence-electron chi connectivity index (χ2n) is 3.76. The predicted octanol–water partition coefficient (Wildman–Crippen LogP) is 0.0831. The molecule has 0 aromatic carbocycles. The summed E-state index contributed by atoms with van der Waals surface area (Å²) in [6.07, 6.45) is 1.35. The molecule has 0 bridgehead atoms. The number of hydrogen-bond acceptors (Lipinski definition) is 5. The third-order valence-electron chi connectivity index (χ3n) is 2.22. The lowest BCUT2D eigenvalue weighted by Crippen LogP contribution is -2.28. The molecule has 0 spiro atoms. The summed E-state index contributed by atoms with van der Waals surface area (Å²) in [7, 11) is -0.331. The lowest BCUT2D eigenvalue weighted by molar-refractivity contribution is 0.0690. The molecular weight excluding hydrogens is 258 g/mol. The number of nitrogens with zero attached hydrogens (tertiary/aromatic N) is 2. The number of nitrogens with one attached hydrogen (secondary N) is 1. The molecule has 18 heavy (non-hydrogen) atoms. The van der Waals surface area contributed by atoms with Gasteiger partial charge in [-0.3, -0.25) is 0 Å². The molecule has 0 saturated heterocycles. The van der Waals surface area contributed by atoms with Gasteiger partial charge in [-0.25, -0.2) is 22.5 Å². The molecule has 0 aliphatic heterocycles. The van der Waals surface area contributed by atoms with Crippen molar-refractivity contribution in [2.45, 2.75) is 0 Å². The Balaban J connectivity index is 2.60. The van der Waals surface area contributed by atoms with Crippen molar-refractivity contribution >= 4 is 21.7 Å². The fourth-order valence-electron chi connectivity index (χ4n) is 1.16. The Labute approximate surface area is 106 Å². The smallest absolute Gasteiger partial charge is 0.354 e. The number of carbonyl (C=O) groups is 1. The van der Waals surface area contributed by atoms with Crippen LogP contribution < -0.4 is 5.32 Å². The van der Waals surface area contributed by atoms with Crippen molar-refractivity contribution in [3.63, 3.8) is 0 Å². The van der Waals surface area contributed by atoms with Crippen molar-refractivity contribution in [1.82, 2.24) is 9.29 Å². The highest BCUT2D eigenvalue weighted by atomic mass is 32.2. The molecule has 0 unspecified atom stereocenters. The van der Waals surface area contributed by atoms with Crippen molar-refractivity contribution in [3.8, 4) is 0 Å². The Hall–Kier alpha value is -1.67. The molecule has 2 N–H and O–H groups in total. The third-order valence-corrected chi connectivity index (χ3v) is 4.06. The number of carboxylic acids is 1. The summed E-state index contributed by atoms with van der Waals surface area (Å²) in [6, 6.07) is 2.93. The first-order chi connectivity index (χ1) is 8.33. The molecule has 1 aromatic heterocycles. The minimum atomic E-state index is -3.26. The van der Waals surface area contributed by atoms with Crippen LogP contribution in [0.1, 0.15) is 10.5 Å². The molecule has 0 aliphatic rings. The second kappa shape index (κ2) is 5.78. The van der Waals surface area contributed by atoms with Crippen LogP contribution in [0.4, 0.5) is 5.69 Å². The number of aromatic nitrogens is 1. The minimum absolute atomic E-state index is 0.0648. The number of aromatic carboxylic acids is 1. The topological polar surface area (TPSA) is 99.6 Å². The average molecular weight is 273 g/mol. The van der Waals surface area contributed by atoms with Gasteiger partial charge >= 0.3 is 5.97 Å². The Kier molecular flexibility index (Phi) is 4.62. The average Bonchev–Trinajstić information content (AvgIpc) is 2.29. The van der Waals surface area contributed by atoms with Crippen LogP contribution in [0.15, 0.2) is 18.3 Å². The van der Waals surface area contributed by atoms with Crippen LogP contribution >= 0.6 is 0 Å². The van der Waals surface area contributed by atoms with Gasteiger partial charge in [-0.05, 0) is 12.1 Å². The first-order valence-corrected chi connectivity index (χ1v) is 6.77. The predicted molar refractivity (Wildman–Crippen MR) is 67.2 cm³/mol. The summed E-state index contributed by atoms with van der Waals surface area (Å²) in [5, 5.41) is 11.6. The van der Waals surface area contributed by atoms with E-state index in [-0.39, 0.29) is 18.0 Å². The summed E-state index contributed by atoms with van der Waals surface area (Å²) >= 11 is 0. The molecule has 0 saturated carbocycles. The van der Waals surface area contributed by atoms with Crippen LogP contribution in [-0.4, -0.2) is 55.2 Å². The van der Waals surface area contributed by atoms with Gasteiger partial charge in [0.25, 0.3) is 0 Å². The van der Waals surface area contributed by atoms with Crippen molar-refractivity contribution < 1.29 is 18.3 Å². The summed E-state index contributed by atoms with van der Waals surface area (Å²) in [6.45, 7) is 0.198. The fourth-order valence-corrected chi connectivity index (χ4v) is 1.89. The molecule has 0 radical (unpaired) electrons. The van der Waals surface area contributed by atoms with E-state index in [4.69, 9.17) is 5.11 Å². The van der Waals surface area contributed by atoms with E-state index in [1.165, 1.54) is 26.4 Å². The van der Waals surface area contributed by atoms with Gasteiger partial charge in [0, 0.05) is 32.5 Å². The van der Waals surface area contributed by atoms with Crippen LogP contribution in [-0.2, 0) is 10.0 Å². The van der Waals surface area contributed by atoms with Crippen molar-refractivity contribution in [3.05, 3.63) is 24.0 Å². The second-order valence-corrected chi connectivity index (χ2v) is 6.06. The van der Waals surface area contributed by atoms with E-state index in [9.17, 15) is 13.2 Å². The standard InChI is InChI=1S/C10H15N3O4S/c1-13(2)18(16,17)6-5-11-8-3-4-12-9(7-8)10(14)15/h3-4,7H,5-6H2,1-2H3,(H,11,12)(H,14,15). The Morgan fingerprint density at radius 3 is 2.72 bits per heavy atom. The maximum Gasteiger partial charge on any atom is 0.354 e. The number of rotatable bonds is 6. The quantitative estimate of drug-likeness (QED) is 0.761. The highest BCUT2D eigenvalue weighted by Crippen LogP contribution is 2.07. The van der Waals surface area contributed by atoms with Crippen LogP contribution in [0.2, 0.25) is 0 Å². The Morgan fingerprint density at radius 2 is 2.17 bits per heavy atom. The summed E-state index contributed by atoms with van der Waals surface area (Å²) in [5.74, 6) is -1.19. The van der Waals surface area contributed by atoms with Gasteiger partial charge in [-0.15, -0.1) is 0 Å². The number of sulfonamides is 1. The van der Waals surface area contributed by atoms with E-state index in [0.29, 0.717) is 5.69 Å². The normalized spacial score (nSPS) is 11.5. The van der Waals surface area contributed by atoms with Gasteiger partial charge in [0.1, 0.15) is 5.69 Å². The lowest BCUT2D eigenvalue weighted by Gasteiger charge is -2.12. The van der Waals surface area contributed by atoms with E-state index in [2.05, 4.69) is 10.3 Å². The first kappa shape index (κ1) is 14.4. The zero-order valence-corrected chi connectivity index (χ0v) is 10.9. The maximum atomic E-state index is 11.5. The maximum absolute atomic E-state index is 11.5. The van der Waals surface area contributed by atoms with Gasteiger partial charge in [0.2, 0.25) is 10.0 Å². The number of carboxylic acid groups (broad SMARTS) is 1. The molecule has 1 heterocycles. The van der Waals surface area contributed by atoms with E-state index < -0.39 is 16.0 Å². The SMILES string of the molecule is CN(C)S(=O)(=O)CCNc1ccnc(C(=O)O)c1. The Morgan fingerprint density at radius 1 is 1.50 bits per heavy atom. The van der Waals surface area contributed by atoms with E-state index in [0.717, 1.165) is 4.31 Å². The number of pyridine rings is 1. The zero-order valence-electron chi connectivity index (χ0n) is 10.1. The van der Waals surface area contributed by atoms with Gasteiger partial charge in [-0.1, -0.05) is 0 Å². The van der Waals surface area contributed by atoms with Crippen LogP contribution in [0.25, 0.3) is 0 Å². The highest BCUT2D eigenvalue weighted by molar-refractivity contribution is 7.89. The van der Waals surface area contributed by atoms with Gasteiger partial charge in [0.05, 0.1) is 5.75 Å². The highest BCUT2D eigenvalue weighted by Gasteiger charge is 2.12. The fraction of sp³-hybridized carbons (Fsp3) is 0.400. The van der Waals surface area contributed by atoms with Gasteiger partial charge in [0.15, 0.2) is 0 Å². The molecule has 7 nitrogen and oxygen atoms in total. The molecule has 0 fully saturated rings. The van der Waals surface area contributed by atoms with Crippen LogP contribution in [0.5, 0.6) is 0 Å². The molecule has 0 atom stereocenters. The Bertz CT molecular complexity index is 528. The van der Waals surface area contributed by atoms with Crippen LogP contribution in [0.3, 0.4) is 0 Å². The lowest BCUT2D eigenvalue weighted by atomic mass is 10.3. The molecule has 0 amide bonds. The summed E-state index contributed by atoms with van der Waals surface area (Å²) < 4.78 is 24.1. The molecule has 8 heteroatoms. The zero-order chi connectivity index (χ0) is 13.8. The summed E-state index contributed by atoms with van der Waals surface area (Å²) in [5.41, 5.74) is 0.437. The van der Waals surface area contributed by atoms with Crippen LogP contribution in [0, 0.1) is 0 Å². The summed E-state index contributed by atoms with van der Waals surface area (Å²) in [4.78, 5) is 14.3. The van der Waals surface area contributed by atoms with E-state index in [1.54, 1.807) is 6.07 Å². The molecule has 0 aliphatic carbocycles. The van der Waals surface area contributed by atoms with E-state index in [1.807, 2.05) is 0 Å². The van der Waals surface area contributed by atoms with Gasteiger partial charge in [-0.2, -0.15) is 0 Å². The van der Waals surface area contributed by atoms with Crippen molar-refractivity contribution in [2.24, 2.45) is 0 Å². The largest absolute Gasteiger partial charge is 0.477 e. The first-order valence-electron chi connectivity index (χ1n) is 5.16. The molecule has 1 aromatic rings. The van der Waals surface area contributed by atoms with Gasteiger partial charge < -0.3 is 10.4 Å². The molecular formula is C10H15N3O4S. The molecule has 1 rings (SSSR count). The van der Waals surface area contributed by atoms with Crippen molar-refractivity contribution in [2.75, 3.05) is 31.7 Å². The third kappa shape index (κ3) is 3.97. The minimum Gasteiger partial charge on any atom is -0.477 e.